The van der Waals surface area contributed by atoms with Crippen LogP contribution in [0, 0.1) is 0 Å². The zero-order valence-corrected chi connectivity index (χ0v) is 17.9. The molecule has 0 spiro atoms. The average Bonchev–Trinajstić information content (AvgIpc) is 2.79. The van der Waals surface area contributed by atoms with Crippen LogP contribution >= 0.6 is 0 Å². The van der Waals surface area contributed by atoms with E-state index in [4.69, 9.17) is 0 Å². The first-order valence-corrected chi connectivity index (χ1v) is 11.8. The molecular formula is C24H21N3O4S. The number of fused-ring (bicyclic) bond motifs is 2. The van der Waals surface area contributed by atoms with Gasteiger partial charge in [-0.3, -0.25) is 9.78 Å². The molecule has 1 atom stereocenters. The summed E-state index contributed by atoms with van der Waals surface area (Å²) in [5.41, 5.74) is 2.23. The minimum atomic E-state index is -3.90. The summed E-state index contributed by atoms with van der Waals surface area (Å²) in [7, 11) is -3.90. The molecule has 0 fully saturated rings. The summed E-state index contributed by atoms with van der Waals surface area (Å²) in [5.74, 6) is 0. The van der Waals surface area contributed by atoms with Crippen molar-refractivity contribution in [1.29, 1.82) is 0 Å². The standard InChI is InChI=1S/C24H21N3O4S/c28-23-20-15-18(10-11-21(20)25-24(29)26-23)32(30,31)27-13-12-17-8-4-5-9-19(17)22(27)14-16-6-2-1-3-7-16/h1-11,15,22H,12-14H2,(H2,25,26,28,29)/t22-/m0/s1. The van der Waals surface area contributed by atoms with Gasteiger partial charge in [0, 0.05) is 6.54 Å². The van der Waals surface area contributed by atoms with Gasteiger partial charge in [0.05, 0.1) is 21.8 Å². The molecule has 2 heterocycles. The fraction of sp³-hybridized carbons (Fsp3) is 0.167. The molecule has 162 valence electrons. The third-order valence-corrected chi connectivity index (χ3v) is 7.86. The Kier molecular flexibility index (Phi) is 5.03. The highest BCUT2D eigenvalue weighted by molar-refractivity contribution is 7.89. The van der Waals surface area contributed by atoms with Crippen LogP contribution < -0.4 is 11.2 Å². The molecule has 8 heteroatoms. The van der Waals surface area contributed by atoms with Gasteiger partial charge in [-0.25, -0.2) is 13.2 Å². The molecular weight excluding hydrogens is 426 g/mol. The monoisotopic (exact) mass is 447 g/mol. The number of sulfonamides is 1. The van der Waals surface area contributed by atoms with Gasteiger partial charge in [-0.2, -0.15) is 4.31 Å². The van der Waals surface area contributed by atoms with Crippen molar-refractivity contribution in [3.8, 4) is 0 Å². The van der Waals surface area contributed by atoms with Crippen molar-refractivity contribution in [2.24, 2.45) is 0 Å². The lowest BCUT2D eigenvalue weighted by atomic mass is 9.90. The molecule has 1 aliphatic heterocycles. The number of hydrogen-bond donors (Lipinski definition) is 2. The highest BCUT2D eigenvalue weighted by atomic mass is 32.2. The third-order valence-electron chi connectivity index (χ3n) is 5.95. The molecule has 0 bridgehead atoms. The van der Waals surface area contributed by atoms with Crippen molar-refractivity contribution in [2.75, 3.05) is 6.54 Å². The van der Waals surface area contributed by atoms with Crippen molar-refractivity contribution >= 4 is 20.9 Å². The van der Waals surface area contributed by atoms with Crippen LogP contribution in [0.4, 0.5) is 0 Å². The van der Waals surface area contributed by atoms with E-state index < -0.39 is 21.3 Å². The van der Waals surface area contributed by atoms with E-state index in [0.717, 1.165) is 16.7 Å². The fourth-order valence-electron chi connectivity index (χ4n) is 4.41. The van der Waals surface area contributed by atoms with Gasteiger partial charge in [0.25, 0.3) is 5.56 Å². The quantitative estimate of drug-likeness (QED) is 0.502. The smallest absolute Gasteiger partial charge is 0.307 e. The number of benzene rings is 3. The maximum absolute atomic E-state index is 13.8. The number of H-pyrrole nitrogens is 2. The van der Waals surface area contributed by atoms with Gasteiger partial charge in [-0.15, -0.1) is 0 Å². The second kappa shape index (κ2) is 7.89. The fourth-order valence-corrected chi connectivity index (χ4v) is 6.04. The molecule has 0 amide bonds. The molecule has 1 aromatic heterocycles. The Labute approximate surface area is 184 Å². The van der Waals surface area contributed by atoms with Crippen molar-refractivity contribution in [3.63, 3.8) is 0 Å². The highest BCUT2D eigenvalue weighted by Crippen LogP contribution is 2.36. The number of nitrogens with one attached hydrogen (secondary N) is 2. The maximum Gasteiger partial charge on any atom is 0.326 e. The number of rotatable bonds is 4. The van der Waals surface area contributed by atoms with Crippen LogP contribution in [0.3, 0.4) is 0 Å². The first-order chi connectivity index (χ1) is 15.4. The van der Waals surface area contributed by atoms with Gasteiger partial charge in [0.1, 0.15) is 0 Å². The van der Waals surface area contributed by atoms with Gasteiger partial charge in [-0.05, 0) is 47.7 Å². The van der Waals surface area contributed by atoms with Crippen molar-refractivity contribution in [3.05, 3.63) is 110 Å². The molecule has 0 radical (unpaired) electrons. The molecule has 0 saturated heterocycles. The van der Waals surface area contributed by atoms with E-state index in [-0.39, 0.29) is 16.3 Å². The SMILES string of the molecule is O=c1[nH]c(=O)c2cc(S(=O)(=O)N3CCc4ccccc4[C@@H]3Cc3ccccc3)ccc2[nH]1. The molecule has 0 saturated carbocycles. The van der Waals surface area contributed by atoms with Crippen molar-refractivity contribution in [1.82, 2.24) is 14.3 Å². The maximum atomic E-state index is 13.8. The summed E-state index contributed by atoms with van der Waals surface area (Å²) in [6.45, 7) is 0.344. The second-order valence-corrected chi connectivity index (χ2v) is 9.78. The van der Waals surface area contributed by atoms with Gasteiger partial charge in [-0.1, -0.05) is 54.6 Å². The van der Waals surface area contributed by atoms with Gasteiger partial charge >= 0.3 is 5.69 Å². The van der Waals surface area contributed by atoms with Crippen LogP contribution in [-0.2, 0) is 22.9 Å². The summed E-state index contributed by atoms with van der Waals surface area (Å²) >= 11 is 0. The number of aromatic nitrogens is 2. The van der Waals surface area contributed by atoms with Crippen molar-refractivity contribution < 1.29 is 8.42 Å². The summed E-state index contributed by atoms with van der Waals surface area (Å²) in [6.07, 6.45) is 1.15. The lowest BCUT2D eigenvalue weighted by molar-refractivity contribution is 0.306. The predicted molar refractivity (Wildman–Crippen MR) is 122 cm³/mol. The number of aromatic amines is 2. The predicted octanol–water partition coefficient (Wildman–Crippen LogP) is 2.75. The van der Waals surface area contributed by atoms with E-state index in [1.165, 1.54) is 22.5 Å². The molecule has 1 aliphatic rings. The summed E-state index contributed by atoms with van der Waals surface area (Å²) < 4.78 is 29.1. The topological polar surface area (TPSA) is 103 Å². The largest absolute Gasteiger partial charge is 0.326 e. The lowest BCUT2D eigenvalue weighted by Crippen LogP contribution is -2.41. The molecule has 4 aromatic rings. The Bertz CT molecular complexity index is 1520. The molecule has 3 aromatic carbocycles. The normalized spacial score (nSPS) is 16.7. The molecule has 32 heavy (non-hydrogen) atoms. The van der Waals surface area contributed by atoms with E-state index in [1.54, 1.807) is 0 Å². The first kappa shape index (κ1) is 20.4. The van der Waals surface area contributed by atoms with Crippen LogP contribution in [0.5, 0.6) is 0 Å². The average molecular weight is 448 g/mol. The zero-order valence-electron chi connectivity index (χ0n) is 17.1. The number of nitrogens with zero attached hydrogens (tertiary/aromatic N) is 1. The Morgan fingerprint density at radius 2 is 1.66 bits per heavy atom. The van der Waals surface area contributed by atoms with E-state index in [1.807, 2.05) is 54.6 Å². The molecule has 0 unspecified atom stereocenters. The van der Waals surface area contributed by atoms with E-state index in [9.17, 15) is 18.0 Å². The van der Waals surface area contributed by atoms with Crippen LogP contribution in [-0.4, -0.2) is 29.2 Å². The van der Waals surface area contributed by atoms with E-state index >= 15 is 0 Å². The minimum Gasteiger partial charge on any atom is -0.307 e. The van der Waals surface area contributed by atoms with Gasteiger partial charge in [0.15, 0.2) is 0 Å². The summed E-state index contributed by atoms with van der Waals surface area (Å²) in [6, 6.07) is 21.6. The van der Waals surface area contributed by atoms with Gasteiger partial charge in [0.2, 0.25) is 10.0 Å². The van der Waals surface area contributed by atoms with E-state index in [0.29, 0.717) is 24.9 Å². The molecule has 7 nitrogen and oxygen atoms in total. The van der Waals surface area contributed by atoms with Crippen LogP contribution in [0.1, 0.15) is 22.7 Å². The van der Waals surface area contributed by atoms with Crippen LogP contribution in [0.25, 0.3) is 10.9 Å². The first-order valence-electron chi connectivity index (χ1n) is 10.3. The Morgan fingerprint density at radius 1 is 0.906 bits per heavy atom. The lowest BCUT2D eigenvalue weighted by Gasteiger charge is -2.36. The summed E-state index contributed by atoms with van der Waals surface area (Å²) in [5, 5.41) is 0.127. The van der Waals surface area contributed by atoms with Crippen LogP contribution in [0.2, 0.25) is 0 Å². The highest BCUT2D eigenvalue weighted by Gasteiger charge is 2.36. The molecule has 2 N–H and O–H groups in total. The summed E-state index contributed by atoms with van der Waals surface area (Å²) in [4.78, 5) is 28.5. The minimum absolute atomic E-state index is 0.0278. The Balaban J connectivity index is 1.62. The van der Waals surface area contributed by atoms with E-state index in [2.05, 4.69) is 9.97 Å². The zero-order chi connectivity index (χ0) is 22.3. The third kappa shape index (κ3) is 3.57. The van der Waals surface area contributed by atoms with Crippen LogP contribution in [0.15, 0.2) is 87.3 Å². The Morgan fingerprint density at radius 3 is 2.47 bits per heavy atom. The molecule has 5 rings (SSSR count). The molecule has 0 aliphatic carbocycles. The van der Waals surface area contributed by atoms with Crippen molar-refractivity contribution in [2.45, 2.75) is 23.8 Å². The second-order valence-electron chi connectivity index (χ2n) is 7.89. The number of hydrogen-bond acceptors (Lipinski definition) is 4. The Hall–Kier alpha value is -3.49. The van der Waals surface area contributed by atoms with Gasteiger partial charge < -0.3 is 4.98 Å².